The van der Waals surface area contributed by atoms with Gasteiger partial charge < -0.3 is 14.5 Å². The number of carbonyl (C=O) groups excluding carboxylic acids is 1. The molecule has 9 heteroatoms. The van der Waals surface area contributed by atoms with Crippen molar-refractivity contribution in [1.29, 1.82) is 0 Å². The highest BCUT2D eigenvalue weighted by atomic mass is 16.5. The summed E-state index contributed by atoms with van der Waals surface area (Å²) in [6.07, 6.45) is 5.86. The molecule has 0 bridgehead atoms. The molecule has 0 aliphatic heterocycles. The molecule has 0 fully saturated rings. The Morgan fingerprint density at radius 1 is 1.21 bits per heavy atom. The number of H-pyrrole nitrogens is 1. The standard InChI is InChI=1S/C25H25N5O4/c1-33-17-11-8-16(9-12-17)10-13-23(31)27-22-15-20(21-7-4-14-34-21)29-30(22)25-26-19-6-3-2-5-18(19)24(32)28-25/h4,7-9,11-12,14-15H,2-3,5-6,10,13H2,1H3,(H,27,31)(H,26,28,32). The molecule has 0 saturated carbocycles. The third kappa shape index (κ3) is 4.50. The molecule has 1 aromatic carbocycles. The number of fused-ring (bicyclic) bond motifs is 1. The summed E-state index contributed by atoms with van der Waals surface area (Å²) in [5.74, 6) is 1.82. The lowest BCUT2D eigenvalue weighted by atomic mass is 9.97. The lowest BCUT2D eigenvalue weighted by Crippen LogP contribution is -2.24. The van der Waals surface area contributed by atoms with E-state index in [9.17, 15) is 9.59 Å². The minimum absolute atomic E-state index is 0.161. The van der Waals surface area contributed by atoms with E-state index in [0.29, 0.717) is 23.7 Å². The molecule has 0 radical (unpaired) electrons. The Hall–Kier alpha value is -4.14. The Kier molecular flexibility index (Phi) is 5.99. The fraction of sp³-hybridized carbons (Fsp3) is 0.280. The van der Waals surface area contributed by atoms with Crippen LogP contribution < -0.4 is 15.6 Å². The van der Waals surface area contributed by atoms with Gasteiger partial charge in [-0.2, -0.15) is 9.78 Å². The summed E-state index contributed by atoms with van der Waals surface area (Å²) in [5, 5.41) is 7.48. The smallest absolute Gasteiger partial charge is 0.255 e. The molecule has 34 heavy (non-hydrogen) atoms. The summed E-state index contributed by atoms with van der Waals surface area (Å²) >= 11 is 0. The molecule has 0 unspecified atom stereocenters. The van der Waals surface area contributed by atoms with Crippen LogP contribution >= 0.6 is 0 Å². The SMILES string of the molecule is COc1ccc(CCC(=O)Nc2cc(-c3ccco3)nn2-c2nc3c(c(=O)[nH]2)CCCC3)cc1. The van der Waals surface area contributed by atoms with E-state index in [1.54, 1.807) is 31.6 Å². The van der Waals surface area contributed by atoms with E-state index in [2.05, 4.69) is 20.4 Å². The molecule has 4 aromatic rings. The molecule has 9 nitrogen and oxygen atoms in total. The number of rotatable bonds is 7. The maximum atomic E-state index is 12.8. The van der Waals surface area contributed by atoms with Gasteiger partial charge in [0.15, 0.2) is 5.76 Å². The molecule has 2 N–H and O–H groups in total. The molecular weight excluding hydrogens is 434 g/mol. The Balaban J connectivity index is 1.41. The first-order valence-corrected chi connectivity index (χ1v) is 11.3. The van der Waals surface area contributed by atoms with Crippen molar-refractivity contribution in [2.24, 2.45) is 0 Å². The Labute approximate surface area is 195 Å². The van der Waals surface area contributed by atoms with Crippen molar-refractivity contribution < 1.29 is 13.9 Å². The lowest BCUT2D eigenvalue weighted by molar-refractivity contribution is -0.116. The minimum Gasteiger partial charge on any atom is -0.497 e. The van der Waals surface area contributed by atoms with Gasteiger partial charge in [-0.25, -0.2) is 4.98 Å². The number of furan rings is 1. The van der Waals surface area contributed by atoms with Gasteiger partial charge in [0.2, 0.25) is 11.9 Å². The molecule has 174 valence electrons. The van der Waals surface area contributed by atoms with E-state index >= 15 is 0 Å². The van der Waals surface area contributed by atoms with Crippen molar-refractivity contribution in [2.45, 2.75) is 38.5 Å². The van der Waals surface area contributed by atoms with Crippen LogP contribution in [0.2, 0.25) is 0 Å². The molecule has 1 aliphatic carbocycles. The zero-order valence-corrected chi connectivity index (χ0v) is 18.8. The highest BCUT2D eigenvalue weighted by Gasteiger charge is 2.20. The van der Waals surface area contributed by atoms with Crippen LogP contribution in [0.4, 0.5) is 5.82 Å². The second-order valence-corrected chi connectivity index (χ2v) is 8.22. The van der Waals surface area contributed by atoms with E-state index < -0.39 is 0 Å². The van der Waals surface area contributed by atoms with E-state index in [1.807, 2.05) is 24.3 Å². The number of aromatic nitrogens is 4. The number of nitrogens with one attached hydrogen (secondary N) is 2. The Bertz CT molecular complexity index is 1350. The van der Waals surface area contributed by atoms with Crippen molar-refractivity contribution in [1.82, 2.24) is 19.7 Å². The maximum Gasteiger partial charge on any atom is 0.255 e. The summed E-state index contributed by atoms with van der Waals surface area (Å²) in [6.45, 7) is 0. The Morgan fingerprint density at radius 3 is 2.79 bits per heavy atom. The van der Waals surface area contributed by atoms with Crippen molar-refractivity contribution in [3.63, 3.8) is 0 Å². The van der Waals surface area contributed by atoms with Crippen LogP contribution in [0.25, 0.3) is 17.4 Å². The first-order chi connectivity index (χ1) is 16.6. The maximum absolute atomic E-state index is 12.8. The summed E-state index contributed by atoms with van der Waals surface area (Å²) in [7, 11) is 1.62. The molecule has 0 atom stereocenters. The number of anilines is 1. The summed E-state index contributed by atoms with van der Waals surface area (Å²) in [5.41, 5.74) is 2.92. The van der Waals surface area contributed by atoms with Crippen molar-refractivity contribution in [3.05, 3.63) is 75.9 Å². The van der Waals surface area contributed by atoms with Crippen molar-refractivity contribution >= 4 is 11.7 Å². The predicted octanol–water partition coefficient (Wildman–Crippen LogP) is 3.67. The number of amides is 1. The van der Waals surface area contributed by atoms with Crippen LogP contribution in [0.5, 0.6) is 5.75 Å². The molecule has 3 heterocycles. The summed E-state index contributed by atoms with van der Waals surface area (Å²) < 4.78 is 12.1. The van der Waals surface area contributed by atoms with Crippen LogP contribution in [0.15, 0.2) is 57.9 Å². The van der Waals surface area contributed by atoms with E-state index in [-0.39, 0.29) is 23.8 Å². The average molecular weight is 460 g/mol. The topological polar surface area (TPSA) is 115 Å². The van der Waals surface area contributed by atoms with Gasteiger partial charge in [-0.1, -0.05) is 12.1 Å². The fourth-order valence-electron chi connectivity index (χ4n) is 4.12. The van der Waals surface area contributed by atoms with Crippen molar-refractivity contribution in [3.8, 4) is 23.2 Å². The normalized spacial score (nSPS) is 12.9. The number of aromatic amines is 1. The first kappa shape index (κ1) is 21.7. The van der Waals surface area contributed by atoms with Gasteiger partial charge >= 0.3 is 0 Å². The molecule has 3 aromatic heterocycles. The number of benzene rings is 1. The quantitative estimate of drug-likeness (QED) is 0.436. The predicted molar refractivity (Wildman–Crippen MR) is 126 cm³/mol. The zero-order chi connectivity index (χ0) is 23.5. The monoisotopic (exact) mass is 459 g/mol. The van der Waals surface area contributed by atoms with E-state index in [4.69, 9.17) is 9.15 Å². The van der Waals surface area contributed by atoms with Gasteiger partial charge in [-0.3, -0.25) is 14.6 Å². The van der Waals surface area contributed by atoms with Gasteiger partial charge in [0.1, 0.15) is 17.3 Å². The minimum atomic E-state index is -0.178. The molecule has 1 amide bonds. The van der Waals surface area contributed by atoms with Crippen LogP contribution in [-0.2, 0) is 24.1 Å². The highest BCUT2D eigenvalue weighted by molar-refractivity contribution is 5.90. The second kappa shape index (κ2) is 9.38. The van der Waals surface area contributed by atoms with Crippen molar-refractivity contribution in [2.75, 3.05) is 12.4 Å². The van der Waals surface area contributed by atoms with Crippen LogP contribution in [-0.4, -0.2) is 32.8 Å². The largest absolute Gasteiger partial charge is 0.497 e. The second-order valence-electron chi connectivity index (χ2n) is 8.22. The molecule has 5 rings (SSSR count). The highest BCUT2D eigenvalue weighted by Crippen LogP contribution is 2.25. The van der Waals surface area contributed by atoms with Crippen LogP contribution in [0.3, 0.4) is 0 Å². The number of methoxy groups -OCH3 is 1. The van der Waals surface area contributed by atoms with Crippen LogP contribution in [0.1, 0.15) is 36.1 Å². The summed E-state index contributed by atoms with van der Waals surface area (Å²) in [4.78, 5) is 33.0. The Morgan fingerprint density at radius 2 is 2.03 bits per heavy atom. The van der Waals surface area contributed by atoms with E-state index in [0.717, 1.165) is 48.3 Å². The third-order valence-electron chi connectivity index (χ3n) is 5.93. The van der Waals surface area contributed by atoms with Gasteiger partial charge in [0.25, 0.3) is 5.56 Å². The number of hydrogen-bond acceptors (Lipinski definition) is 6. The molecule has 0 saturated heterocycles. The number of hydrogen-bond donors (Lipinski definition) is 2. The van der Waals surface area contributed by atoms with E-state index in [1.165, 1.54) is 4.68 Å². The summed E-state index contributed by atoms with van der Waals surface area (Å²) in [6, 6.07) is 12.9. The molecule has 1 aliphatic rings. The number of ether oxygens (including phenoxy) is 1. The van der Waals surface area contributed by atoms with Gasteiger partial charge in [0.05, 0.1) is 19.1 Å². The number of aryl methyl sites for hydroxylation is 2. The van der Waals surface area contributed by atoms with Gasteiger partial charge in [0, 0.05) is 18.1 Å². The first-order valence-electron chi connectivity index (χ1n) is 11.3. The molecule has 0 spiro atoms. The average Bonchev–Trinajstić information content (AvgIpc) is 3.53. The molecular formula is C25H25N5O4. The van der Waals surface area contributed by atoms with Gasteiger partial charge in [-0.05, 0) is 61.9 Å². The fourth-order valence-corrected chi connectivity index (χ4v) is 4.12. The number of nitrogens with zero attached hydrogens (tertiary/aromatic N) is 3. The van der Waals surface area contributed by atoms with Crippen LogP contribution in [0, 0.1) is 0 Å². The zero-order valence-electron chi connectivity index (χ0n) is 18.8. The third-order valence-corrected chi connectivity index (χ3v) is 5.93. The number of carbonyl (C=O) groups is 1. The lowest BCUT2D eigenvalue weighted by Gasteiger charge is -2.15. The van der Waals surface area contributed by atoms with Gasteiger partial charge in [-0.15, -0.1) is 0 Å².